The van der Waals surface area contributed by atoms with Crippen molar-refractivity contribution in [3.8, 4) is 0 Å². The van der Waals surface area contributed by atoms with Crippen molar-refractivity contribution in [2.75, 3.05) is 5.73 Å². The standard InChI is InChI=1S/C13H8Br2FNO/c14-10-3-1-2-9(12(10)16)13(18)8-5-4-7(17)6-11(8)15/h1-6H,17H2. The van der Waals surface area contributed by atoms with Gasteiger partial charge in [0.25, 0.3) is 0 Å². The Kier molecular flexibility index (Phi) is 3.82. The number of nitrogen functional groups attached to an aromatic ring is 1. The zero-order valence-corrected chi connectivity index (χ0v) is 12.3. The molecule has 0 saturated carbocycles. The Morgan fingerprint density at radius 3 is 2.44 bits per heavy atom. The monoisotopic (exact) mass is 371 g/mol. The summed E-state index contributed by atoms with van der Waals surface area (Å²) in [5.74, 6) is -0.952. The average molecular weight is 373 g/mol. The number of carbonyl (C=O) groups excluding carboxylic acids is 1. The van der Waals surface area contributed by atoms with Crippen LogP contribution in [-0.4, -0.2) is 5.78 Å². The normalized spacial score (nSPS) is 10.4. The maximum absolute atomic E-state index is 13.8. The molecule has 0 aliphatic carbocycles. The summed E-state index contributed by atoms with van der Waals surface area (Å²) in [6.07, 6.45) is 0. The topological polar surface area (TPSA) is 43.1 Å². The van der Waals surface area contributed by atoms with E-state index >= 15 is 0 Å². The molecule has 2 N–H and O–H groups in total. The van der Waals surface area contributed by atoms with Crippen LogP contribution in [0, 0.1) is 5.82 Å². The van der Waals surface area contributed by atoms with E-state index in [0.717, 1.165) is 0 Å². The number of ketones is 1. The number of nitrogens with two attached hydrogens (primary N) is 1. The maximum Gasteiger partial charge on any atom is 0.197 e. The second-order valence-corrected chi connectivity index (χ2v) is 5.38. The molecule has 2 rings (SSSR count). The molecule has 0 saturated heterocycles. The largest absolute Gasteiger partial charge is 0.399 e. The predicted octanol–water partition coefficient (Wildman–Crippen LogP) is 4.16. The van der Waals surface area contributed by atoms with Crippen molar-refractivity contribution in [1.29, 1.82) is 0 Å². The van der Waals surface area contributed by atoms with Gasteiger partial charge in [-0.15, -0.1) is 0 Å². The van der Waals surface area contributed by atoms with Crippen LogP contribution < -0.4 is 5.73 Å². The van der Waals surface area contributed by atoms with Crippen LogP contribution in [0.15, 0.2) is 45.3 Å². The van der Waals surface area contributed by atoms with Gasteiger partial charge < -0.3 is 5.73 Å². The van der Waals surface area contributed by atoms with E-state index < -0.39 is 5.82 Å². The number of rotatable bonds is 2. The van der Waals surface area contributed by atoms with Crippen LogP contribution in [-0.2, 0) is 0 Å². The number of halogens is 3. The van der Waals surface area contributed by atoms with Crippen LogP contribution in [0.3, 0.4) is 0 Å². The number of anilines is 1. The van der Waals surface area contributed by atoms with Gasteiger partial charge in [0, 0.05) is 15.7 Å². The summed E-state index contributed by atoms with van der Waals surface area (Å²) in [6, 6.07) is 9.40. The third-order valence-corrected chi connectivity index (χ3v) is 3.70. The van der Waals surface area contributed by atoms with Crippen LogP contribution in [0.5, 0.6) is 0 Å². The summed E-state index contributed by atoms with van der Waals surface area (Å²) in [7, 11) is 0. The molecule has 2 nitrogen and oxygen atoms in total. The number of hydrogen-bond acceptors (Lipinski definition) is 2. The Bertz CT molecular complexity index is 628. The van der Waals surface area contributed by atoms with E-state index in [9.17, 15) is 9.18 Å². The van der Waals surface area contributed by atoms with Crippen molar-refractivity contribution in [1.82, 2.24) is 0 Å². The Morgan fingerprint density at radius 1 is 1.06 bits per heavy atom. The first kappa shape index (κ1) is 13.2. The van der Waals surface area contributed by atoms with Gasteiger partial charge >= 0.3 is 0 Å². The van der Waals surface area contributed by atoms with Gasteiger partial charge in [-0.1, -0.05) is 6.07 Å². The summed E-state index contributed by atoms with van der Waals surface area (Å²) in [4.78, 5) is 12.2. The van der Waals surface area contributed by atoms with Crippen molar-refractivity contribution in [2.24, 2.45) is 0 Å². The van der Waals surface area contributed by atoms with Crippen molar-refractivity contribution in [3.63, 3.8) is 0 Å². The molecule has 0 spiro atoms. The average Bonchev–Trinajstić information content (AvgIpc) is 2.32. The molecule has 0 aliphatic rings. The first-order chi connectivity index (χ1) is 8.50. The molecule has 18 heavy (non-hydrogen) atoms. The lowest BCUT2D eigenvalue weighted by atomic mass is 10.0. The lowest BCUT2D eigenvalue weighted by Crippen LogP contribution is -2.06. The molecule has 2 aromatic rings. The second kappa shape index (κ2) is 5.20. The van der Waals surface area contributed by atoms with Gasteiger partial charge in [0.2, 0.25) is 0 Å². The zero-order chi connectivity index (χ0) is 13.3. The fourth-order valence-electron chi connectivity index (χ4n) is 1.54. The molecule has 5 heteroatoms. The molecule has 0 bridgehead atoms. The third-order valence-electron chi connectivity index (χ3n) is 2.43. The molecule has 0 amide bonds. The van der Waals surface area contributed by atoms with Crippen LogP contribution in [0.4, 0.5) is 10.1 Å². The minimum absolute atomic E-state index is 0.0230. The molecular formula is C13H8Br2FNO. The highest BCUT2D eigenvalue weighted by molar-refractivity contribution is 9.10. The van der Waals surface area contributed by atoms with E-state index in [2.05, 4.69) is 31.9 Å². The van der Waals surface area contributed by atoms with Crippen molar-refractivity contribution in [3.05, 3.63) is 62.3 Å². The summed E-state index contributed by atoms with van der Waals surface area (Å²) in [5, 5.41) is 0. The number of carbonyl (C=O) groups is 1. The minimum atomic E-state index is -0.564. The van der Waals surface area contributed by atoms with Gasteiger partial charge in [-0.2, -0.15) is 0 Å². The van der Waals surface area contributed by atoms with Gasteiger partial charge in [-0.05, 0) is 62.2 Å². The van der Waals surface area contributed by atoms with Crippen LogP contribution in [0.2, 0.25) is 0 Å². The Labute approximate surface area is 120 Å². The first-order valence-electron chi connectivity index (χ1n) is 5.04. The van der Waals surface area contributed by atoms with Gasteiger partial charge in [-0.25, -0.2) is 4.39 Å². The Morgan fingerprint density at radius 2 is 1.78 bits per heavy atom. The van der Waals surface area contributed by atoms with Gasteiger partial charge in [0.05, 0.1) is 10.0 Å². The second-order valence-electron chi connectivity index (χ2n) is 3.67. The van der Waals surface area contributed by atoms with E-state index in [0.29, 0.717) is 15.7 Å². The molecule has 0 unspecified atom stereocenters. The maximum atomic E-state index is 13.8. The smallest absolute Gasteiger partial charge is 0.197 e. The van der Waals surface area contributed by atoms with Crippen molar-refractivity contribution in [2.45, 2.75) is 0 Å². The number of hydrogen-bond donors (Lipinski definition) is 1. The van der Waals surface area contributed by atoms with Crippen molar-refractivity contribution >= 4 is 43.3 Å². The van der Waals surface area contributed by atoms with Gasteiger partial charge in [0.15, 0.2) is 5.78 Å². The van der Waals surface area contributed by atoms with Crippen LogP contribution in [0.25, 0.3) is 0 Å². The minimum Gasteiger partial charge on any atom is -0.399 e. The summed E-state index contributed by atoms with van der Waals surface area (Å²) >= 11 is 6.31. The lowest BCUT2D eigenvalue weighted by molar-refractivity contribution is 0.103. The summed E-state index contributed by atoms with van der Waals surface area (Å²) in [6.45, 7) is 0. The Hall–Kier alpha value is -1.20. The fourth-order valence-corrected chi connectivity index (χ4v) is 2.48. The highest BCUT2D eigenvalue weighted by Crippen LogP contribution is 2.26. The first-order valence-corrected chi connectivity index (χ1v) is 6.63. The van der Waals surface area contributed by atoms with Crippen molar-refractivity contribution < 1.29 is 9.18 Å². The lowest BCUT2D eigenvalue weighted by Gasteiger charge is -2.06. The Balaban J connectivity index is 2.51. The molecule has 0 aliphatic heterocycles. The zero-order valence-electron chi connectivity index (χ0n) is 9.08. The van der Waals surface area contributed by atoms with E-state index in [4.69, 9.17) is 5.73 Å². The van der Waals surface area contributed by atoms with E-state index in [1.807, 2.05) is 0 Å². The van der Waals surface area contributed by atoms with E-state index in [-0.39, 0.29) is 15.8 Å². The quantitative estimate of drug-likeness (QED) is 0.635. The van der Waals surface area contributed by atoms with E-state index in [1.165, 1.54) is 6.07 Å². The molecule has 0 radical (unpaired) electrons. The molecular weight excluding hydrogens is 365 g/mol. The molecule has 92 valence electrons. The molecule has 2 aromatic carbocycles. The third kappa shape index (κ3) is 2.47. The SMILES string of the molecule is Nc1ccc(C(=O)c2cccc(Br)c2F)c(Br)c1. The van der Waals surface area contributed by atoms with Gasteiger partial charge in [0.1, 0.15) is 5.82 Å². The molecule has 0 heterocycles. The predicted molar refractivity (Wildman–Crippen MR) is 76.1 cm³/mol. The molecule has 0 atom stereocenters. The molecule has 0 fully saturated rings. The van der Waals surface area contributed by atoms with E-state index in [1.54, 1.807) is 30.3 Å². The van der Waals surface area contributed by atoms with Crippen LogP contribution in [0.1, 0.15) is 15.9 Å². The highest BCUT2D eigenvalue weighted by Gasteiger charge is 2.17. The highest BCUT2D eigenvalue weighted by atomic mass is 79.9. The summed E-state index contributed by atoms with van der Waals surface area (Å²) in [5.41, 5.74) is 6.53. The molecule has 0 aromatic heterocycles. The van der Waals surface area contributed by atoms with Gasteiger partial charge in [-0.3, -0.25) is 4.79 Å². The summed E-state index contributed by atoms with van der Waals surface area (Å²) < 4.78 is 14.7. The van der Waals surface area contributed by atoms with Crippen LogP contribution >= 0.6 is 31.9 Å². The fraction of sp³-hybridized carbons (Fsp3) is 0. The number of benzene rings is 2.